The predicted molar refractivity (Wildman–Crippen MR) is 138 cm³/mol. The zero-order valence-corrected chi connectivity index (χ0v) is 22.7. The van der Waals surface area contributed by atoms with Gasteiger partial charge >= 0.3 is 0 Å². The van der Waals surface area contributed by atoms with Crippen LogP contribution in [-0.2, 0) is 26.2 Å². The van der Waals surface area contributed by atoms with Crippen molar-refractivity contribution in [1.82, 2.24) is 10.2 Å². The summed E-state index contributed by atoms with van der Waals surface area (Å²) in [5, 5.41) is 3.83. The molecule has 1 N–H and O–H groups in total. The third-order valence-corrected chi connectivity index (χ3v) is 6.89. The summed E-state index contributed by atoms with van der Waals surface area (Å²) < 4.78 is 26.0. The Hall–Kier alpha value is -2.00. The lowest BCUT2D eigenvalue weighted by atomic mass is 10.1. The normalized spacial score (nSPS) is 12.7. The van der Waals surface area contributed by atoms with Gasteiger partial charge in [-0.05, 0) is 63.6 Å². The van der Waals surface area contributed by atoms with E-state index in [0.717, 1.165) is 10.6 Å². The van der Waals surface area contributed by atoms with Gasteiger partial charge in [-0.15, -0.1) is 0 Å². The highest BCUT2D eigenvalue weighted by molar-refractivity contribution is 7.92. The standard InChI is InChI=1S/C23H28Cl3N3O4S/c1-15(22(31)27-23(2,3)4)28(13-16-9-10-19(25)20(26)11-16)21(30)14-29(34(5,32)33)18-8-6-7-17(24)12-18/h6-12,15H,13-14H2,1-5H3,(H,27,31). The second kappa shape index (κ2) is 11.2. The van der Waals surface area contributed by atoms with Gasteiger partial charge < -0.3 is 10.2 Å². The molecule has 0 aliphatic rings. The smallest absolute Gasteiger partial charge is 0.244 e. The first-order valence-electron chi connectivity index (χ1n) is 10.4. The molecule has 7 nitrogen and oxygen atoms in total. The van der Waals surface area contributed by atoms with Crippen LogP contribution in [0.2, 0.25) is 15.1 Å². The van der Waals surface area contributed by atoms with Crippen LogP contribution in [0.4, 0.5) is 5.69 Å². The molecule has 2 aromatic carbocycles. The first-order chi connectivity index (χ1) is 15.6. The number of nitrogens with one attached hydrogen (secondary N) is 1. The van der Waals surface area contributed by atoms with Crippen molar-refractivity contribution in [3.05, 3.63) is 63.1 Å². The van der Waals surface area contributed by atoms with Crippen molar-refractivity contribution in [2.75, 3.05) is 17.1 Å². The summed E-state index contributed by atoms with van der Waals surface area (Å²) in [5.74, 6) is -0.956. The van der Waals surface area contributed by atoms with E-state index in [1.54, 1.807) is 43.3 Å². The molecule has 0 aliphatic heterocycles. The van der Waals surface area contributed by atoms with Gasteiger partial charge in [-0.2, -0.15) is 0 Å². The van der Waals surface area contributed by atoms with Crippen LogP contribution >= 0.6 is 34.8 Å². The molecular weight excluding hydrogens is 521 g/mol. The number of sulfonamides is 1. The Morgan fingerprint density at radius 3 is 2.21 bits per heavy atom. The molecule has 2 rings (SSSR count). The Morgan fingerprint density at radius 2 is 1.68 bits per heavy atom. The highest BCUT2D eigenvalue weighted by atomic mass is 35.5. The summed E-state index contributed by atoms with van der Waals surface area (Å²) in [5.41, 5.74) is 0.347. The number of carbonyl (C=O) groups excluding carboxylic acids is 2. The average molecular weight is 549 g/mol. The topological polar surface area (TPSA) is 86.8 Å². The van der Waals surface area contributed by atoms with E-state index in [1.807, 2.05) is 20.8 Å². The van der Waals surface area contributed by atoms with E-state index in [1.165, 1.54) is 11.0 Å². The summed E-state index contributed by atoms with van der Waals surface area (Å²) in [6.45, 7) is 6.56. The quantitative estimate of drug-likeness (QED) is 0.516. The molecule has 0 bridgehead atoms. The van der Waals surface area contributed by atoms with Crippen molar-refractivity contribution in [3.8, 4) is 0 Å². The molecule has 1 atom stereocenters. The molecule has 2 amide bonds. The fraction of sp³-hybridized carbons (Fsp3) is 0.391. The summed E-state index contributed by atoms with van der Waals surface area (Å²) in [6.07, 6.45) is 1.00. The van der Waals surface area contributed by atoms with E-state index in [9.17, 15) is 18.0 Å². The third kappa shape index (κ3) is 8.05. The Bertz CT molecular complexity index is 1170. The van der Waals surface area contributed by atoms with Crippen LogP contribution in [0.3, 0.4) is 0 Å². The Morgan fingerprint density at radius 1 is 1.03 bits per heavy atom. The number of carbonyl (C=O) groups is 2. The molecule has 0 fully saturated rings. The lowest BCUT2D eigenvalue weighted by Crippen LogP contribution is -2.54. The van der Waals surface area contributed by atoms with Crippen LogP contribution < -0.4 is 9.62 Å². The van der Waals surface area contributed by atoms with Gasteiger partial charge in [0, 0.05) is 17.1 Å². The van der Waals surface area contributed by atoms with Crippen molar-refractivity contribution < 1.29 is 18.0 Å². The van der Waals surface area contributed by atoms with Gasteiger partial charge in [-0.3, -0.25) is 13.9 Å². The highest BCUT2D eigenvalue weighted by Crippen LogP contribution is 2.25. The first kappa shape index (κ1) is 28.2. The van der Waals surface area contributed by atoms with E-state index in [0.29, 0.717) is 20.6 Å². The monoisotopic (exact) mass is 547 g/mol. The molecule has 0 heterocycles. The molecule has 34 heavy (non-hydrogen) atoms. The second-order valence-corrected chi connectivity index (χ2v) is 12.1. The maximum Gasteiger partial charge on any atom is 0.244 e. The van der Waals surface area contributed by atoms with E-state index < -0.39 is 34.1 Å². The molecule has 186 valence electrons. The molecule has 0 spiro atoms. The van der Waals surface area contributed by atoms with E-state index in [-0.39, 0.29) is 18.1 Å². The molecule has 0 aliphatic carbocycles. The average Bonchev–Trinajstić information content (AvgIpc) is 2.70. The number of nitrogens with zero attached hydrogens (tertiary/aromatic N) is 2. The van der Waals surface area contributed by atoms with Crippen LogP contribution in [0.15, 0.2) is 42.5 Å². The van der Waals surface area contributed by atoms with E-state index in [4.69, 9.17) is 34.8 Å². The van der Waals surface area contributed by atoms with Gasteiger partial charge in [0.1, 0.15) is 12.6 Å². The Labute approximate surface area is 216 Å². The van der Waals surface area contributed by atoms with Gasteiger partial charge in [-0.25, -0.2) is 8.42 Å². The number of halogens is 3. The molecule has 0 aromatic heterocycles. The predicted octanol–water partition coefficient (Wildman–Crippen LogP) is 4.74. The molecular formula is C23H28Cl3N3O4S. The van der Waals surface area contributed by atoms with Crippen LogP contribution in [0.1, 0.15) is 33.3 Å². The fourth-order valence-electron chi connectivity index (χ4n) is 3.14. The molecule has 0 saturated carbocycles. The zero-order valence-electron chi connectivity index (χ0n) is 19.6. The lowest BCUT2D eigenvalue weighted by molar-refractivity contribution is -0.140. The van der Waals surface area contributed by atoms with Crippen LogP contribution in [0.25, 0.3) is 0 Å². The molecule has 2 aromatic rings. The van der Waals surface area contributed by atoms with Gasteiger partial charge in [-0.1, -0.05) is 46.9 Å². The minimum atomic E-state index is -3.84. The number of hydrogen-bond donors (Lipinski definition) is 1. The summed E-state index contributed by atoms with van der Waals surface area (Å²) in [7, 11) is -3.84. The van der Waals surface area contributed by atoms with Crippen molar-refractivity contribution >= 4 is 62.3 Å². The fourth-order valence-corrected chi connectivity index (χ4v) is 4.48. The number of anilines is 1. The number of amides is 2. The molecule has 11 heteroatoms. The molecule has 0 radical (unpaired) electrons. The SMILES string of the molecule is CC(C(=O)NC(C)(C)C)N(Cc1ccc(Cl)c(Cl)c1)C(=O)CN(c1cccc(Cl)c1)S(C)(=O)=O. The van der Waals surface area contributed by atoms with Crippen molar-refractivity contribution in [3.63, 3.8) is 0 Å². The van der Waals surface area contributed by atoms with Gasteiger partial charge in [0.2, 0.25) is 21.8 Å². The second-order valence-electron chi connectivity index (χ2n) is 8.93. The molecule has 1 unspecified atom stereocenters. The molecule has 0 saturated heterocycles. The highest BCUT2D eigenvalue weighted by Gasteiger charge is 2.31. The summed E-state index contributed by atoms with van der Waals surface area (Å²) in [4.78, 5) is 27.7. The first-order valence-corrected chi connectivity index (χ1v) is 13.4. The largest absolute Gasteiger partial charge is 0.350 e. The maximum atomic E-state index is 13.5. The zero-order chi connectivity index (χ0) is 25.8. The van der Waals surface area contributed by atoms with Gasteiger partial charge in [0.15, 0.2) is 0 Å². The minimum Gasteiger partial charge on any atom is -0.350 e. The van der Waals surface area contributed by atoms with E-state index in [2.05, 4.69) is 5.32 Å². The Balaban J connectivity index is 2.43. The van der Waals surface area contributed by atoms with Crippen LogP contribution in [0, 0.1) is 0 Å². The van der Waals surface area contributed by atoms with Crippen molar-refractivity contribution in [2.24, 2.45) is 0 Å². The van der Waals surface area contributed by atoms with Crippen molar-refractivity contribution in [2.45, 2.75) is 45.8 Å². The third-order valence-electron chi connectivity index (χ3n) is 4.78. The summed E-state index contributed by atoms with van der Waals surface area (Å²) in [6, 6.07) is 10.2. The lowest BCUT2D eigenvalue weighted by Gasteiger charge is -2.33. The van der Waals surface area contributed by atoms with E-state index >= 15 is 0 Å². The van der Waals surface area contributed by atoms with Gasteiger partial charge in [0.05, 0.1) is 22.0 Å². The Kier molecular flexibility index (Phi) is 9.27. The number of rotatable bonds is 8. The summed E-state index contributed by atoms with van der Waals surface area (Å²) >= 11 is 18.2. The van der Waals surface area contributed by atoms with Gasteiger partial charge in [0.25, 0.3) is 0 Å². The van der Waals surface area contributed by atoms with Crippen molar-refractivity contribution in [1.29, 1.82) is 0 Å². The van der Waals surface area contributed by atoms with Crippen LogP contribution in [0.5, 0.6) is 0 Å². The minimum absolute atomic E-state index is 0.0155. The number of hydrogen-bond acceptors (Lipinski definition) is 4. The van der Waals surface area contributed by atoms with Crippen LogP contribution in [-0.4, -0.2) is 49.5 Å². The maximum absolute atomic E-state index is 13.5. The number of benzene rings is 2.